The summed E-state index contributed by atoms with van der Waals surface area (Å²) in [4.78, 5) is 4.89. The maximum Gasteiger partial charge on any atom is 0.0972 e. The van der Waals surface area contributed by atoms with Crippen molar-refractivity contribution in [2.75, 3.05) is 0 Å². The Labute approximate surface area is 195 Å². The van der Waals surface area contributed by atoms with Gasteiger partial charge in [0.05, 0.1) is 17.4 Å². The van der Waals surface area contributed by atoms with Crippen molar-refractivity contribution in [1.29, 1.82) is 0 Å². The lowest BCUT2D eigenvalue weighted by molar-refractivity contribution is 0.948. The quantitative estimate of drug-likeness (QED) is 0.276. The highest BCUT2D eigenvalue weighted by atomic mass is 15.0. The van der Waals surface area contributed by atoms with Crippen LogP contribution in [0.2, 0.25) is 0 Å². The molecule has 0 saturated carbocycles. The van der Waals surface area contributed by atoms with Gasteiger partial charge in [0.15, 0.2) is 0 Å². The molecule has 0 atom stereocenters. The van der Waals surface area contributed by atoms with Crippen LogP contribution in [0, 0.1) is 27.7 Å². The lowest BCUT2D eigenvalue weighted by atomic mass is 9.94. The number of benzene rings is 4. The second-order valence-corrected chi connectivity index (χ2v) is 9.81. The minimum Gasteiger partial charge on any atom is -0.333 e. The zero-order chi connectivity index (χ0) is 22.9. The highest BCUT2D eigenvalue weighted by Crippen LogP contribution is 2.45. The number of nitrogens with zero attached hydrogens (tertiary/aromatic N) is 2. The minimum atomic E-state index is 0.952. The number of hydrogen-bond donors (Lipinski definition) is 0. The molecule has 0 spiro atoms. The fourth-order valence-corrected chi connectivity index (χ4v) is 5.70. The Balaban J connectivity index is 1.55. The molecule has 0 unspecified atom stereocenters. The Morgan fingerprint density at radius 1 is 0.636 bits per heavy atom. The molecule has 1 aliphatic carbocycles. The van der Waals surface area contributed by atoms with Crippen LogP contribution in [0.15, 0.2) is 67.0 Å². The van der Waals surface area contributed by atoms with E-state index in [0.717, 1.165) is 11.9 Å². The maximum absolute atomic E-state index is 4.89. The van der Waals surface area contributed by atoms with E-state index in [4.69, 9.17) is 4.98 Å². The predicted octanol–water partition coefficient (Wildman–Crippen LogP) is 7.71. The van der Waals surface area contributed by atoms with Crippen molar-refractivity contribution in [3.05, 3.63) is 100 Å². The van der Waals surface area contributed by atoms with Gasteiger partial charge in [-0.2, -0.15) is 0 Å². The first kappa shape index (κ1) is 20.0. The van der Waals surface area contributed by atoms with E-state index in [0.29, 0.717) is 0 Å². The Bertz CT molecular complexity index is 1540. The molecule has 0 saturated heterocycles. The normalized spacial score (nSPS) is 12.3. The Hall–Kier alpha value is -3.65. The number of aromatic nitrogens is 2. The average molecular weight is 429 g/mol. The first-order valence-corrected chi connectivity index (χ1v) is 11.6. The predicted molar refractivity (Wildman–Crippen MR) is 139 cm³/mol. The van der Waals surface area contributed by atoms with Gasteiger partial charge >= 0.3 is 0 Å². The largest absolute Gasteiger partial charge is 0.333 e. The summed E-state index contributed by atoms with van der Waals surface area (Å²) in [6, 6.07) is 23.0. The summed E-state index contributed by atoms with van der Waals surface area (Å²) in [6.45, 7) is 8.70. The molecule has 33 heavy (non-hydrogen) atoms. The van der Waals surface area contributed by atoms with Crippen molar-refractivity contribution in [3.63, 3.8) is 0 Å². The van der Waals surface area contributed by atoms with Gasteiger partial charge in [0.2, 0.25) is 0 Å². The number of aryl methyl sites for hydroxylation is 5. The van der Waals surface area contributed by atoms with E-state index in [2.05, 4.69) is 100.0 Å². The SMILES string of the molecule is Cc1cc(C)cc(-c2ccc3c(c2)Cc2cc(-c4cc(C)cc(C)c4)c4c(ncn4C)c2-3)c1. The van der Waals surface area contributed by atoms with Crippen molar-refractivity contribution >= 4 is 11.0 Å². The van der Waals surface area contributed by atoms with Gasteiger partial charge in [-0.1, -0.05) is 76.9 Å². The first-order chi connectivity index (χ1) is 15.9. The van der Waals surface area contributed by atoms with E-state index in [1.165, 1.54) is 72.3 Å². The zero-order valence-corrected chi connectivity index (χ0v) is 20.0. The van der Waals surface area contributed by atoms with Crippen molar-refractivity contribution in [2.24, 2.45) is 7.05 Å². The molecular weight excluding hydrogens is 400 g/mol. The Kier molecular flexibility index (Phi) is 4.35. The van der Waals surface area contributed by atoms with Crippen LogP contribution in [0.3, 0.4) is 0 Å². The van der Waals surface area contributed by atoms with Gasteiger partial charge in [0.1, 0.15) is 0 Å². The second kappa shape index (κ2) is 7.18. The number of fused-ring (bicyclic) bond motifs is 5. The summed E-state index contributed by atoms with van der Waals surface area (Å²) in [6.07, 6.45) is 2.91. The van der Waals surface area contributed by atoms with Crippen LogP contribution in [0.25, 0.3) is 44.4 Å². The number of imidazole rings is 1. The van der Waals surface area contributed by atoms with Crippen LogP contribution in [0.5, 0.6) is 0 Å². The van der Waals surface area contributed by atoms with Crippen LogP contribution >= 0.6 is 0 Å². The van der Waals surface area contributed by atoms with E-state index < -0.39 is 0 Å². The third-order valence-electron chi connectivity index (χ3n) is 6.91. The highest BCUT2D eigenvalue weighted by molar-refractivity contribution is 6.05. The third-order valence-corrected chi connectivity index (χ3v) is 6.91. The summed E-state index contributed by atoms with van der Waals surface area (Å²) in [7, 11) is 2.10. The Morgan fingerprint density at radius 3 is 1.94 bits per heavy atom. The van der Waals surface area contributed by atoms with Crippen LogP contribution < -0.4 is 0 Å². The van der Waals surface area contributed by atoms with Gasteiger partial charge in [0, 0.05) is 18.2 Å². The fourth-order valence-electron chi connectivity index (χ4n) is 5.70. The number of hydrogen-bond acceptors (Lipinski definition) is 1. The van der Waals surface area contributed by atoms with Crippen LogP contribution in [0.4, 0.5) is 0 Å². The molecule has 1 aromatic heterocycles. The summed E-state index contributed by atoms with van der Waals surface area (Å²) >= 11 is 0. The summed E-state index contributed by atoms with van der Waals surface area (Å²) in [5, 5.41) is 0. The third kappa shape index (κ3) is 3.21. The van der Waals surface area contributed by atoms with E-state index in [9.17, 15) is 0 Å². The summed E-state index contributed by atoms with van der Waals surface area (Å²) in [5.41, 5.74) is 18.1. The van der Waals surface area contributed by atoms with Crippen molar-refractivity contribution in [1.82, 2.24) is 9.55 Å². The molecule has 0 aliphatic heterocycles. The Morgan fingerprint density at radius 2 is 1.27 bits per heavy atom. The monoisotopic (exact) mass is 428 g/mol. The average Bonchev–Trinajstić information content (AvgIpc) is 3.31. The van der Waals surface area contributed by atoms with Crippen LogP contribution in [-0.2, 0) is 13.5 Å². The van der Waals surface area contributed by atoms with E-state index in [-0.39, 0.29) is 0 Å². The summed E-state index contributed by atoms with van der Waals surface area (Å²) in [5.74, 6) is 0. The molecule has 0 bridgehead atoms. The molecule has 0 radical (unpaired) electrons. The van der Waals surface area contributed by atoms with Gasteiger partial charge in [-0.25, -0.2) is 4.98 Å². The van der Waals surface area contributed by atoms with Crippen molar-refractivity contribution in [3.8, 4) is 33.4 Å². The topological polar surface area (TPSA) is 17.8 Å². The molecule has 162 valence electrons. The molecule has 1 aliphatic rings. The lowest BCUT2D eigenvalue weighted by Crippen LogP contribution is -1.93. The molecule has 0 amide bonds. The van der Waals surface area contributed by atoms with Gasteiger partial charge in [-0.05, 0) is 73.6 Å². The molecule has 2 heteroatoms. The standard InChI is InChI=1S/C31H28N2/c1-18-8-19(2)11-23(10-18)22-6-7-27-25(14-22)15-26-16-28(24-12-20(3)9-21(4)13-24)31-30(29(26)27)32-17-33(31)5/h6-14,16-17H,15H2,1-5H3. The van der Waals surface area contributed by atoms with E-state index >= 15 is 0 Å². The molecule has 2 nitrogen and oxygen atoms in total. The van der Waals surface area contributed by atoms with E-state index in [1.54, 1.807) is 0 Å². The number of rotatable bonds is 2. The van der Waals surface area contributed by atoms with Crippen molar-refractivity contribution in [2.45, 2.75) is 34.1 Å². The fraction of sp³-hybridized carbons (Fsp3) is 0.194. The first-order valence-electron chi connectivity index (χ1n) is 11.6. The molecule has 1 heterocycles. The minimum absolute atomic E-state index is 0.952. The molecule has 5 aromatic rings. The van der Waals surface area contributed by atoms with Crippen LogP contribution in [-0.4, -0.2) is 9.55 Å². The molecular formula is C31H28N2. The molecule has 0 fully saturated rings. The van der Waals surface area contributed by atoms with Crippen molar-refractivity contribution < 1.29 is 0 Å². The molecule has 0 N–H and O–H groups in total. The zero-order valence-electron chi connectivity index (χ0n) is 20.0. The van der Waals surface area contributed by atoms with Crippen LogP contribution in [0.1, 0.15) is 33.4 Å². The van der Waals surface area contributed by atoms with E-state index in [1.807, 2.05) is 6.33 Å². The highest BCUT2D eigenvalue weighted by Gasteiger charge is 2.25. The maximum atomic E-state index is 4.89. The smallest absolute Gasteiger partial charge is 0.0972 e. The molecule has 4 aromatic carbocycles. The van der Waals surface area contributed by atoms with Gasteiger partial charge in [-0.15, -0.1) is 0 Å². The summed E-state index contributed by atoms with van der Waals surface area (Å²) < 4.78 is 2.17. The molecule has 6 rings (SSSR count). The van der Waals surface area contributed by atoms with Gasteiger partial charge in [-0.3, -0.25) is 0 Å². The van der Waals surface area contributed by atoms with Gasteiger partial charge in [0.25, 0.3) is 0 Å². The second-order valence-electron chi connectivity index (χ2n) is 9.81. The lowest BCUT2D eigenvalue weighted by Gasteiger charge is -2.12. The van der Waals surface area contributed by atoms with Gasteiger partial charge < -0.3 is 4.57 Å².